The predicted molar refractivity (Wildman–Crippen MR) is 98.8 cm³/mol. The molecular formula is C17H21F3O6P2. The first kappa shape index (κ1) is 24.6. The summed E-state index contributed by atoms with van der Waals surface area (Å²) in [5.41, 5.74) is -0.0496. The second-order valence-corrected chi connectivity index (χ2v) is 9.21. The van der Waals surface area contributed by atoms with Gasteiger partial charge in [0, 0.05) is 0 Å². The fourth-order valence-electron chi connectivity index (χ4n) is 2.15. The maximum atomic E-state index is 12.4. The van der Waals surface area contributed by atoms with E-state index in [1.807, 2.05) is 6.07 Å². The van der Waals surface area contributed by atoms with Crippen molar-refractivity contribution < 1.29 is 41.5 Å². The highest BCUT2D eigenvalue weighted by Crippen LogP contribution is 2.46. The van der Waals surface area contributed by atoms with Crippen LogP contribution in [-0.2, 0) is 32.2 Å². The monoisotopic (exact) mass is 440 g/mol. The molecular weight excluding hydrogens is 419 g/mol. The molecule has 0 heterocycles. The third kappa shape index (κ3) is 10.2. The van der Waals surface area contributed by atoms with Crippen molar-refractivity contribution in [3.63, 3.8) is 0 Å². The third-order valence-corrected chi connectivity index (χ3v) is 5.40. The molecule has 11 heteroatoms. The topological polar surface area (TPSA) is 104 Å². The summed E-state index contributed by atoms with van der Waals surface area (Å²) in [5.74, 6) is 0. The summed E-state index contributed by atoms with van der Waals surface area (Å²) in [5, 5.41) is 0. The van der Waals surface area contributed by atoms with E-state index >= 15 is 0 Å². The molecule has 1 atom stereocenters. The highest BCUT2D eigenvalue weighted by molar-refractivity contribution is 7.52. The highest BCUT2D eigenvalue weighted by atomic mass is 31.2. The van der Waals surface area contributed by atoms with Gasteiger partial charge < -0.3 is 19.2 Å². The van der Waals surface area contributed by atoms with Crippen LogP contribution >= 0.6 is 15.2 Å². The fraction of sp³-hybridized carbons (Fsp3) is 0.294. The Balaban J connectivity index is 0.000000307. The number of benzene rings is 2. The van der Waals surface area contributed by atoms with Gasteiger partial charge in [-0.3, -0.25) is 9.13 Å². The van der Waals surface area contributed by atoms with Gasteiger partial charge in [0.1, 0.15) is 0 Å². The zero-order valence-corrected chi connectivity index (χ0v) is 16.7. The fourth-order valence-corrected chi connectivity index (χ4v) is 3.98. The summed E-state index contributed by atoms with van der Waals surface area (Å²) in [6, 6.07) is 13.0. The smallest absolute Gasteiger partial charge is 0.324 e. The molecule has 0 amide bonds. The standard InChI is InChI=1S/C10H12F3O3P.C7H9O3P/c1-2-16-17(14,15)7-8-4-3-5-9(6-8)10(11,12)13;8-11(9,10)6-7-4-2-1-3-5-7/h3-6H,2,7H2,1H3,(H,14,15);1-5H,6H2,(H2,8,9,10). The molecule has 28 heavy (non-hydrogen) atoms. The molecule has 0 bridgehead atoms. The first-order valence-corrected chi connectivity index (χ1v) is 11.6. The molecule has 0 aliphatic rings. The van der Waals surface area contributed by atoms with Gasteiger partial charge in [-0.05, 0) is 24.1 Å². The Morgan fingerprint density at radius 3 is 1.96 bits per heavy atom. The van der Waals surface area contributed by atoms with Gasteiger partial charge in [-0.1, -0.05) is 48.5 Å². The lowest BCUT2D eigenvalue weighted by molar-refractivity contribution is -0.137. The largest absolute Gasteiger partial charge is 0.416 e. The first-order chi connectivity index (χ1) is 12.8. The molecule has 0 spiro atoms. The molecule has 0 aromatic heterocycles. The van der Waals surface area contributed by atoms with Gasteiger partial charge >= 0.3 is 21.4 Å². The lowest BCUT2D eigenvalue weighted by Gasteiger charge is -2.12. The van der Waals surface area contributed by atoms with Crippen LogP contribution in [0.25, 0.3) is 0 Å². The molecule has 3 N–H and O–H groups in total. The first-order valence-electron chi connectivity index (χ1n) is 8.03. The SMILES string of the molecule is CCOP(=O)(O)Cc1cccc(C(F)(F)F)c1.O=P(O)(O)Cc1ccccc1. The van der Waals surface area contributed by atoms with E-state index in [1.165, 1.54) is 19.1 Å². The van der Waals surface area contributed by atoms with Gasteiger partial charge in [-0.2, -0.15) is 13.2 Å². The summed E-state index contributed by atoms with van der Waals surface area (Å²) in [4.78, 5) is 26.5. The molecule has 156 valence electrons. The van der Waals surface area contributed by atoms with E-state index in [-0.39, 0.29) is 18.3 Å². The molecule has 2 aromatic carbocycles. The Morgan fingerprint density at radius 2 is 1.46 bits per heavy atom. The van der Waals surface area contributed by atoms with Crippen molar-refractivity contribution in [2.75, 3.05) is 6.61 Å². The van der Waals surface area contributed by atoms with Crippen LogP contribution in [0.1, 0.15) is 23.6 Å². The van der Waals surface area contributed by atoms with Crippen LogP contribution in [0.3, 0.4) is 0 Å². The molecule has 0 fully saturated rings. The minimum absolute atomic E-state index is 0.0345. The van der Waals surface area contributed by atoms with Gasteiger partial charge in [-0.25, -0.2) is 0 Å². The van der Waals surface area contributed by atoms with E-state index in [2.05, 4.69) is 4.52 Å². The van der Waals surface area contributed by atoms with Crippen LogP contribution in [0, 0.1) is 0 Å². The number of rotatable bonds is 6. The average molecular weight is 440 g/mol. The zero-order chi connectivity index (χ0) is 21.4. The molecule has 0 saturated heterocycles. The maximum Gasteiger partial charge on any atom is 0.416 e. The Bertz CT molecular complexity index is 836. The number of halogens is 3. The number of hydrogen-bond donors (Lipinski definition) is 3. The average Bonchev–Trinajstić information content (AvgIpc) is 2.53. The minimum atomic E-state index is -4.46. The number of alkyl halides is 3. The summed E-state index contributed by atoms with van der Waals surface area (Å²) in [6.07, 6.45) is -5.06. The van der Waals surface area contributed by atoms with Gasteiger partial charge in [0.2, 0.25) is 0 Å². The van der Waals surface area contributed by atoms with Crippen LogP contribution in [-0.4, -0.2) is 21.3 Å². The van der Waals surface area contributed by atoms with Gasteiger partial charge in [0.05, 0.1) is 24.5 Å². The zero-order valence-electron chi connectivity index (χ0n) is 14.9. The second kappa shape index (κ2) is 10.3. The Hall–Kier alpha value is -1.47. The van der Waals surface area contributed by atoms with Crippen LogP contribution in [0.5, 0.6) is 0 Å². The van der Waals surface area contributed by atoms with Crippen molar-refractivity contribution in [1.29, 1.82) is 0 Å². The predicted octanol–water partition coefficient (Wildman–Crippen LogP) is 4.79. The maximum absolute atomic E-state index is 12.4. The Morgan fingerprint density at radius 1 is 0.893 bits per heavy atom. The van der Waals surface area contributed by atoms with Crippen molar-refractivity contribution in [2.45, 2.75) is 25.4 Å². The second-order valence-electron chi connectivity index (χ2n) is 5.72. The Labute approximate surface area is 160 Å². The number of hydrogen-bond acceptors (Lipinski definition) is 3. The highest BCUT2D eigenvalue weighted by Gasteiger charge is 2.31. The van der Waals surface area contributed by atoms with E-state index in [0.717, 1.165) is 12.1 Å². The Kier molecular flexibility index (Phi) is 9.08. The van der Waals surface area contributed by atoms with Crippen molar-refractivity contribution in [3.8, 4) is 0 Å². The third-order valence-electron chi connectivity index (χ3n) is 3.20. The quantitative estimate of drug-likeness (QED) is 0.558. The van der Waals surface area contributed by atoms with Crippen LogP contribution < -0.4 is 0 Å². The molecule has 2 rings (SSSR count). The van der Waals surface area contributed by atoms with E-state index in [4.69, 9.17) is 9.79 Å². The van der Waals surface area contributed by atoms with Crippen LogP contribution in [0.15, 0.2) is 54.6 Å². The van der Waals surface area contributed by atoms with E-state index in [9.17, 15) is 27.2 Å². The summed E-state index contributed by atoms with van der Waals surface area (Å²) in [7, 11) is -7.74. The van der Waals surface area contributed by atoms with Crippen molar-refractivity contribution in [1.82, 2.24) is 0 Å². The van der Waals surface area contributed by atoms with E-state index < -0.39 is 33.1 Å². The lowest BCUT2D eigenvalue weighted by atomic mass is 10.1. The van der Waals surface area contributed by atoms with Gasteiger partial charge in [-0.15, -0.1) is 0 Å². The van der Waals surface area contributed by atoms with Crippen LogP contribution in [0.2, 0.25) is 0 Å². The molecule has 2 aromatic rings. The van der Waals surface area contributed by atoms with Crippen LogP contribution in [0.4, 0.5) is 13.2 Å². The van der Waals surface area contributed by atoms with E-state index in [1.54, 1.807) is 24.3 Å². The molecule has 0 aliphatic heterocycles. The van der Waals surface area contributed by atoms with Crippen molar-refractivity contribution in [2.24, 2.45) is 0 Å². The lowest BCUT2D eigenvalue weighted by Crippen LogP contribution is -2.05. The summed E-state index contributed by atoms with van der Waals surface area (Å²) < 4.78 is 63.6. The summed E-state index contributed by atoms with van der Waals surface area (Å²) >= 11 is 0. The molecule has 1 unspecified atom stereocenters. The van der Waals surface area contributed by atoms with Gasteiger partial charge in [0.15, 0.2) is 0 Å². The summed E-state index contributed by atoms with van der Waals surface area (Å²) in [6.45, 7) is 1.57. The minimum Gasteiger partial charge on any atom is -0.324 e. The van der Waals surface area contributed by atoms with E-state index in [0.29, 0.717) is 5.56 Å². The molecule has 0 aliphatic carbocycles. The molecule has 0 radical (unpaired) electrons. The van der Waals surface area contributed by atoms with Crippen molar-refractivity contribution >= 4 is 15.2 Å². The van der Waals surface area contributed by atoms with Crippen molar-refractivity contribution in [3.05, 3.63) is 71.3 Å². The molecule has 6 nitrogen and oxygen atoms in total. The molecule has 0 saturated carbocycles. The normalized spacial score (nSPS) is 14.0. The van der Waals surface area contributed by atoms with Gasteiger partial charge in [0.25, 0.3) is 0 Å².